The second-order valence-electron chi connectivity index (χ2n) is 4.74. The quantitative estimate of drug-likeness (QED) is 0.376. The molecule has 0 saturated heterocycles. The molecule has 72 valence electrons. The van der Waals surface area contributed by atoms with E-state index >= 15 is 0 Å². The summed E-state index contributed by atoms with van der Waals surface area (Å²) >= 11 is 0. The number of rotatable bonds is 1. The van der Waals surface area contributed by atoms with E-state index in [1.54, 1.807) is 0 Å². The molecule has 0 aromatic heterocycles. The number of aliphatic hydroxyl groups is 1. The van der Waals surface area contributed by atoms with E-state index in [2.05, 4.69) is 10.0 Å². The minimum absolute atomic E-state index is 0.106. The number of nitrogens with zero attached hydrogens (tertiary/aromatic N) is 3. The van der Waals surface area contributed by atoms with Crippen molar-refractivity contribution in [1.82, 2.24) is 0 Å². The van der Waals surface area contributed by atoms with Gasteiger partial charge in [0.1, 0.15) is 0 Å². The highest BCUT2D eigenvalue weighted by Crippen LogP contribution is 2.50. The van der Waals surface area contributed by atoms with E-state index in [0.29, 0.717) is 11.8 Å². The van der Waals surface area contributed by atoms with Crippen molar-refractivity contribution in [3.63, 3.8) is 0 Å². The zero-order valence-electron chi connectivity index (χ0n) is 7.85. The predicted molar refractivity (Wildman–Crippen MR) is 49.0 cm³/mol. The number of hydrogen-bond acceptors (Lipinski definition) is 2. The van der Waals surface area contributed by atoms with Crippen LogP contribution >= 0.6 is 0 Å². The molecule has 4 atom stereocenters. The van der Waals surface area contributed by atoms with Crippen LogP contribution in [-0.2, 0) is 0 Å². The Morgan fingerprint density at radius 3 is 2.38 bits per heavy atom. The van der Waals surface area contributed by atoms with Crippen LogP contribution in [0.2, 0.25) is 0 Å². The van der Waals surface area contributed by atoms with Gasteiger partial charge in [0.15, 0.2) is 0 Å². The highest BCUT2D eigenvalue weighted by atomic mass is 16.3. The summed E-state index contributed by atoms with van der Waals surface area (Å²) in [7, 11) is 0. The topological polar surface area (TPSA) is 69.0 Å². The van der Waals surface area contributed by atoms with Gasteiger partial charge in [0.2, 0.25) is 0 Å². The van der Waals surface area contributed by atoms with Gasteiger partial charge in [0.05, 0.1) is 6.10 Å². The highest BCUT2D eigenvalue weighted by molar-refractivity contribution is 5.01. The molecular formula is C9H15N3O. The minimum atomic E-state index is -0.176. The fourth-order valence-electron chi connectivity index (χ4n) is 3.08. The van der Waals surface area contributed by atoms with Crippen molar-refractivity contribution in [1.29, 1.82) is 0 Å². The molecule has 0 aromatic rings. The third kappa shape index (κ3) is 1.52. The molecule has 2 rings (SSSR count). The van der Waals surface area contributed by atoms with E-state index in [1.165, 1.54) is 0 Å². The van der Waals surface area contributed by atoms with E-state index in [9.17, 15) is 5.11 Å². The number of azide groups is 1. The van der Waals surface area contributed by atoms with Crippen LogP contribution < -0.4 is 0 Å². The first-order chi connectivity index (χ1) is 6.13. The van der Waals surface area contributed by atoms with Crippen LogP contribution in [0.1, 0.15) is 32.6 Å². The third-order valence-corrected chi connectivity index (χ3v) is 3.51. The summed E-state index contributed by atoms with van der Waals surface area (Å²) in [6.07, 6.45) is 3.62. The van der Waals surface area contributed by atoms with Crippen molar-refractivity contribution in [2.45, 2.75) is 44.2 Å². The second kappa shape index (κ2) is 2.89. The van der Waals surface area contributed by atoms with Crippen molar-refractivity contribution in [3.05, 3.63) is 10.4 Å². The van der Waals surface area contributed by atoms with E-state index in [0.717, 1.165) is 25.7 Å². The standard InChI is InChI=1S/C9H15N3O/c1-9(11-12-10)4-6-2-8(13)3-7(6)5-9/h6-8,13H,2-5H2,1H3/t6-,7+,8?,9?. The molecule has 0 aromatic carbocycles. The first-order valence-electron chi connectivity index (χ1n) is 4.87. The fourth-order valence-corrected chi connectivity index (χ4v) is 3.08. The molecule has 2 saturated carbocycles. The number of aliphatic hydroxyl groups excluding tert-OH is 1. The van der Waals surface area contributed by atoms with Crippen LogP contribution in [0.3, 0.4) is 0 Å². The Kier molecular flexibility index (Phi) is 1.97. The number of fused-ring (bicyclic) bond motifs is 1. The van der Waals surface area contributed by atoms with Crippen molar-refractivity contribution < 1.29 is 5.11 Å². The lowest BCUT2D eigenvalue weighted by Crippen LogP contribution is -2.18. The average molecular weight is 181 g/mol. The fraction of sp³-hybridized carbons (Fsp3) is 1.00. The molecule has 0 spiro atoms. The molecule has 2 aliphatic rings. The lowest BCUT2D eigenvalue weighted by Gasteiger charge is -2.17. The molecule has 2 fully saturated rings. The molecule has 4 nitrogen and oxygen atoms in total. The van der Waals surface area contributed by atoms with Gasteiger partial charge in [-0.2, -0.15) is 0 Å². The SMILES string of the molecule is CC1(N=[N+]=[N-])C[C@H]2CC(O)C[C@H]2C1. The van der Waals surface area contributed by atoms with Gasteiger partial charge in [0, 0.05) is 10.5 Å². The first-order valence-corrected chi connectivity index (χ1v) is 4.87. The maximum atomic E-state index is 9.43. The molecule has 2 aliphatic carbocycles. The second-order valence-corrected chi connectivity index (χ2v) is 4.74. The largest absolute Gasteiger partial charge is 0.393 e. The summed E-state index contributed by atoms with van der Waals surface area (Å²) in [6.45, 7) is 2.03. The van der Waals surface area contributed by atoms with Crippen LogP contribution in [0, 0.1) is 11.8 Å². The first kappa shape index (κ1) is 8.85. The van der Waals surface area contributed by atoms with Crippen LogP contribution in [0.15, 0.2) is 5.11 Å². The summed E-state index contributed by atoms with van der Waals surface area (Å²) in [5.74, 6) is 1.18. The van der Waals surface area contributed by atoms with Crippen molar-refractivity contribution >= 4 is 0 Å². The van der Waals surface area contributed by atoms with Crippen LogP contribution in [0.5, 0.6) is 0 Å². The molecular weight excluding hydrogens is 166 g/mol. The Morgan fingerprint density at radius 1 is 1.38 bits per heavy atom. The Bertz CT molecular complexity index is 246. The third-order valence-electron chi connectivity index (χ3n) is 3.51. The maximum Gasteiger partial charge on any atom is 0.0545 e. The van der Waals surface area contributed by atoms with Gasteiger partial charge in [-0.15, -0.1) is 0 Å². The Labute approximate surface area is 77.6 Å². The predicted octanol–water partition coefficient (Wildman–Crippen LogP) is 2.24. The Morgan fingerprint density at radius 2 is 1.92 bits per heavy atom. The lowest BCUT2D eigenvalue weighted by atomic mass is 9.97. The molecule has 0 amide bonds. The van der Waals surface area contributed by atoms with Gasteiger partial charge in [0.25, 0.3) is 0 Å². The van der Waals surface area contributed by atoms with Gasteiger partial charge in [-0.25, -0.2) is 0 Å². The zero-order chi connectivity index (χ0) is 9.47. The molecule has 0 radical (unpaired) electrons. The van der Waals surface area contributed by atoms with E-state index in [-0.39, 0.29) is 11.6 Å². The van der Waals surface area contributed by atoms with Crippen LogP contribution in [0.4, 0.5) is 0 Å². The van der Waals surface area contributed by atoms with Gasteiger partial charge in [-0.1, -0.05) is 12.0 Å². The molecule has 0 aliphatic heterocycles. The normalized spacial score (nSPS) is 48.6. The summed E-state index contributed by atoms with van der Waals surface area (Å²) < 4.78 is 0. The Balaban J connectivity index is 2.08. The lowest BCUT2D eigenvalue weighted by molar-refractivity contribution is 0.167. The van der Waals surface area contributed by atoms with Gasteiger partial charge < -0.3 is 5.11 Å². The molecule has 13 heavy (non-hydrogen) atoms. The number of hydrogen-bond donors (Lipinski definition) is 1. The highest BCUT2D eigenvalue weighted by Gasteiger charge is 2.46. The van der Waals surface area contributed by atoms with Gasteiger partial charge in [-0.3, -0.25) is 0 Å². The zero-order valence-corrected chi connectivity index (χ0v) is 7.85. The van der Waals surface area contributed by atoms with Gasteiger partial charge in [-0.05, 0) is 43.1 Å². The molecule has 1 N–H and O–H groups in total. The smallest absolute Gasteiger partial charge is 0.0545 e. The van der Waals surface area contributed by atoms with Gasteiger partial charge >= 0.3 is 0 Å². The monoisotopic (exact) mass is 181 g/mol. The van der Waals surface area contributed by atoms with Crippen molar-refractivity contribution in [3.8, 4) is 0 Å². The molecule has 2 unspecified atom stereocenters. The average Bonchev–Trinajstić information content (AvgIpc) is 2.41. The Hall–Kier alpha value is -0.730. The van der Waals surface area contributed by atoms with Crippen molar-refractivity contribution in [2.75, 3.05) is 0 Å². The van der Waals surface area contributed by atoms with Crippen molar-refractivity contribution in [2.24, 2.45) is 17.0 Å². The minimum Gasteiger partial charge on any atom is -0.393 e. The summed E-state index contributed by atoms with van der Waals surface area (Å²) in [5.41, 5.74) is 8.24. The summed E-state index contributed by atoms with van der Waals surface area (Å²) in [4.78, 5) is 2.90. The van der Waals surface area contributed by atoms with E-state index in [4.69, 9.17) is 5.53 Å². The van der Waals surface area contributed by atoms with E-state index < -0.39 is 0 Å². The molecule has 0 heterocycles. The summed E-state index contributed by atoms with van der Waals surface area (Å²) in [5, 5.41) is 13.3. The van der Waals surface area contributed by atoms with Crippen LogP contribution in [-0.4, -0.2) is 16.7 Å². The summed E-state index contributed by atoms with van der Waals surface area (Å²) in [6, 6.07) is 0. The van der Waals surface area contributed by atoms with Crippen LogP contribution in [0.25, 0.3) is 10.4 Å². The molecule has 4 heteroatoms. The maximum absolute atomic E-state index is 9.43. The van der Waals surface area contributed by atoms with E-state index in [1.807, 2.05) is 6.92 Å². The molecule has 0 bridgehead atoms.